The van der Waals surface area contributed by atoms with Gasteiger partial charge in [-0.3, -0.25) is 0 Å². The fourth-order valence-corrected chi connectivity index (χ4v) is 1.32. The molecular formula is C12H17F2N3O2. The Morgan fingerprint density at radius 1 is 1.26 bits per heavy atom. The largest absolute Gasteiger partial charge is 0.383 e. The molecule has 0 aliphatic carbocycles. The van der Waals surface area contributed by atoms with Gasteiger partial charge < -0.3 is 20.7 Å². The average Bonchev–Trinajstić information content (AvgIpc) is 2.37. The van der Waals surface area contributed by atoms with E-state index in [1.807, 2.05) is 0 Å². The highest BCUT2D eigenvalue weighted by atomic mass is 19.1. The Bertz CT molecular complexity index is 416. The van der Waals surface area contributed by atoms with Crippen LogP contribution in [0.25, 0.3) is 0 Å². The van der Waals surface area contributed by atoms with Gasteiger partial charge in [0, 0.05) is 32.8 Å². The van der Waals surface area contributed by atoms with Crippen LogP contribution in [0.4, 0.5) is 19.3 Å². The van der Waals surface area contributed by atoms with Gasteiger partial charge in [-0.2, -0.15) is 0 Å². The Morgan fingerprint density at radius 3 is 2.74 bits per heavy atom. The third-order valence-electron chi connectivity index (χ3n) is 2.25. The van der Waals surface area contributed by atoms with E-state index in [9.17, 15) is 13.6 Å². The van der Waals surface area contributed by atoms with Gasteiger partial charge >= 0.3 is 6.03 Å². The van der Waals surface area contributed by atoms with Gasteiger partial charge in [0.05, 0.1) is 12.3 Å². The van der Waals surface area contributed by atoms with Crippen molar-refractivity contribution < 1.29 is 18.3 Å². The van der Waals surface area contributed by atoms with Crippen LogP contribution in [0.15, 0.2) is 18.2 Å². The molecule has 106 valence electrons. The van der Waals surface area contributed by atoms with Gasteiger partial charge in [0.15, 0.2) is 0 Å². The summed E-state index contributed by atoms with van der Waals surface area (Å²) in [5.41, 5.74) is -0.0637. The fourth-order valence-electron chi connectivity index (χ4n) is 1.32. The van der Waals surface area contributed by atoms with Gasteiger partial charge in [-0.15, -0.1) is 0 Å². The van der Waals surface area contributed by atoms with E-state index in [-0.39, 0.29) is 5.69 Å². The summed E-state index contributed by atoms with van der Waals surface area (Å²) in [7, 11) is 1.60. The molecule has 0 fully saturated rings. The van der Waals surface area contributed by atoms with Crippen molar-refractivity contribution in [3.8, 4) is 0 Å². The Morgan fingerprint density at radius 2 is 2.05 bits per heavy atom. The highest BCUT2D eigenvalue weighted by molar-refractivity contribution is 5.89. The van der Waals surface area contributed by atoms with E-state index in [1.54, 1.807) is 7.11 Å². The molecule has 0 saturated heterocycles. The number of halogens is 2. The molecule has 0 heterocycles. The summed E-state index contributed by atoms with van der Waals surface area (Å²) in [6, 6.07) is 2.41. The summed E-state index contributed by atoms with van der Waals surface area (Å²) in [5.74, 6) is -1.50. The number of amides is 2. The summed E-state index contributed by atoms with van der Waals surface area (Å²) in [5, 5.41) is 7.86. The van der Waals surface area contributed by atoms with E-state index in [1.165, 1.54) is 6.07 Å². The van der Waals surface area contributed by atoms with E-state index in [2.05, 4.69) is 16.0 Å². The maximum absolute atomic E-state index is 13.2. The number of rotatable bonds is 7. The molecule has 0 atom stereocenters. The molecule has 0 aliphatic heterocycles. The molecule has 1 aromatic carbocycles. The Hall–Kier alpha value is -1.73. The third kappa shape index (κ3) is 6.12. The Labute approximate surface area is 110 Å². The maximum Gasteiger partial charge on any atom is 0.319 e. The minimum atomic E-state index is -0.812. The topological polar surface area (TPSA) is 62.4 Å². The molecule has 1 rings (SSSR count). The number of hydrogen-bond donors (Lipinski definition) is 3. The van der Waals surface area contributed by atoms with E-state index >= 15 is 0 Å². The van der Waals surface area contributed by atoms with Crippen molar-refractivity contribution in [3.05, 3.63) is 29.8 Å². The molecule has 0 radical (unpaired) electrons. The van der Waals surface area contributed by atoms with Crippen molar-refractivity contribution in [2.24, 2.45) is 0 Å². The summed E-state index contributed by atoms with van der Waals surface area (Å²) < 4.78 is 30.7. The zero-order valence-corrected chi connectivity index (χ0v) is 10.6. The van der Waals surface area contributed by atoms with Crippen LogP contribution in [0.2, 0.25) is 0 Å². The van der Waals surface area contributed by atoms with Crippen LogP contribution in [0.1, 0.15) is 0 Å². The van der Waals surface area contributed by atoms with Crippen LogP contribution in [0, 0.1) is 11.6 Å². The molecular weight excluding hydrogens is 256 g/mol. The highest BCUT2D eigenvalue weighted by Gasteiger charge is 2.06. The van der Waals surface area contributed by atoms with E-state index < -0.39 is 17.7 Å². The number of methoxy groups -OCH3 is 1. The van der Waals surface area contributed by atoms with Crippen LogP contribution < -0.4 is 16.0 Å². The zero-order valence-electron chi connectivity index (χ0n) is 10.6. The highest BCUT2D eigenvalue weighted by Crippen LogP contribution is 2.14. The molecule has 0 bridgehead atoms. The van der Waals surface area contributed by atoms with Crippen molar-refractivity contribution in [1.82, 2.24) is 10.6 Å². The summed E-state index contributed by atoms with van der Waals surface area (Å²) >= 11 is 0. The van der Waals surface area contributed by atoms with Gasteiger partial charge in [0.1, 0.15) is 11.6 Å². The Balaban J connectivity index is 2.23. The first-order valence-corrected chi connectivity index (χ1v) is 5.83. The molecule has 3 N–H and O–H groups in total. The lowest BCUT2D eigenvalue weighted by atomic mass is 10.3. The van der Waals surface area contributed by atoms with Gasteiger partial charge in [-0.25, -0.2) is 13.6 Å². The first-order valence-electron chi connectivity index (χ1n) is 5.83. The maximum atomic E-state index is 13.2. The van der Waals surface area contributed by atoms with Crippen LogP contribution >= 0.6 is 0 Å². The van der Waals surface area contributed by atoms with E-state index in [0.717, 1.165) is 6.07 Å². The first-order chi connectivity index (χ1) is 9.13. The second kappa shape index (κ2) is 8.39. The lowest BCUT2D eigenvalue weighted by Gasteiger charge is -2.09. The van der Waals surface area contributed by atoms with Gasteiger partial charge in [-0.05, 0) is 12.1 Å². The van der Waals surface area contributed by atoms with Crippen LogP contribution in [0.5, 0.6) is 0 Å². The predicted octanol–water partition coefficient (Wildman–Crippen LogP) is 1.32. The molecule has 7 heteroatoms. The molecule has 0 aliphatic rings. The number of carbonyl (C=O) groups excluding carboxylic acids is 1. The van der Waals surface area contributed by atoms with Gasteiger partial charge in [0.25, 0.3) is 0 Å². The minimum absolute atomic E-state index is 0.0637. The number of ether oxygens (including phenoxy) is 1. The standard InChI is InChI=1S/C12H17F2N3O2/c1-19-7-6-15-4-5-16-12(18)17-11-3-2-9(13)8-10(11)14/h2-3,8,15H,4-7H2,1H3,(H2,16,17,18). The van der Waals surface area contributed by atoms with Gasteiger partial charge in [0.2, 0.25) is 0 Å². The van der Waals surface area contributed by atoms with Crippen molar-refractivity contribution >= 4 is 11.7 Å². The molecule has 19 heavy (non-hydrogen) atoms. The lowest BCUT2D eigenvalue weighted by molar-refractivity contribution is 0.199. The normalized spacial score (nSPS) is 10.3. The lowest BCUT2D eigenvalue weighted by Crippen LogP contribution is -2.35. The SMILES string of the molecule is COCCNCCNC(=O)Nc1ccc(F)cc1F. The van der Waals surface area contributed by atoms with E-state index in [0.29, 0.717) is 32.3 Å². The second-order valence-corrected chi connectivity index (χ2v) is 3.75. The monoisotopic (exact) mass is 273 g/mol. The third-order valence-corrected chi connectivity index (χ3v) is 2.25. The number of anilines is 1. The summed E-state index contributed by atoms with van der Waals surface area (Å²) in [6.07, 6.45) is 0. The van der Waals surface area contributed by atoms with Crippen molar-refractivity contribution in [2.75, 3.05) is 38.7 Å². The van der Waals surface area contributed by atoms with Crippen LogP contribution in [0.3, 0.4) is 0 Å². The van der Waals surface area contributed by atoms with E-state index in [4.69, 9.17) is 4.74 Å². The number of urea groups is 1. The van der Waals surface area contributed by atoms with Gasteiger partial charge in [-0.1, -0.05) is 0 Å². The molecule has 0 spiro atoms. The molecule has 0 saturated carbocycles. The number of benzene rings is 1. The zero-order chi connectivity index (χ0) is 14.1. The molecule has 5 nitrogen and oxygen atoms in total. The molecule has 0 aromatic heterocycles. The second-order valence-electron chi connectivity index (χ2n) is 3.75. The smallest absolute Gasteiger partial charge is 0.319 e. The Kier molecular flexibility index (Phi) is 6.76. The van der Waals surface area contributed by atoms with Crippen molar-refractivity contribution in [1.29, 1.82) is 0 Å². The fraction of sp³-hybridized carbons (Fsp3) is 0.417. The van der Waals surface area contributed by atoms with Crippen molar-refractivity contribution in [3.63, 3.8) is 0 Å². The summed E-state index contributed by atoms with van der Waals surface area (Å²) in [4.78, 5) is 11.4. The van der Waals surface area contributed by atoms with Crippen LogP contribution in [-0.2, 0) is 4.74 Å². The number of hydrogen-bond acceptors (Lipinski definition) is 3. The molecule has 1 aromatic rings. The number of nitrogens with one attached hydrogen (secondary N) is 3. The van der Waals surface area contributed by atoms with Crippen LogP contribution in [-0.4, -0.2) is 39.4 Å². The minimum Gasteiger partial charge on any atom is -0.383 e. The quantitative estimate of drug-likeness (QED) is 0.657. The van der Waals surface area contributed by atoms with Crippen molar-refractivity contribution in [2.45, 2.75) is 0 Å². The predicted molar refractivity (Wildman–Crippen MR) is 68.1 cm³/mol. The molecule has 0 unspecified atom stereocenters. The average molecular weight is 273 g/mol. The first kappa shape index (κ1) is 15.3. The molecule has 2 amide bonds. The summed E-state index contributed by atoms with van der Waals surface area (Å²) in [6.45, 7) is 2.24. The number of carbonyl (C=O) groups is 1.